The molecule has 2 rings (SSSR count). The lowest BCUT2D eigenvalue weighted by Crippen LogP contribution is -1.87. The summed E-state index contributed by atoms with van der Waals surface area (Å²) < 4.78 is 12.6. The second-order valence-corrected chi connectivity index (χ2v) is 2.68. The van der Waals surface area contributed by atoms with Gasteiger partial charge in [0.05, 0.1) is 17.2 Å². The van der Waals surface area contributed by atoms with Crippen LogP contribution in [0.2, 0.25) is 0 Å². The van der Waals surface area contributed by atoms with Crippen LogP contribution in [0.3, 0.4) is 0 Å². The molecule has 1 aromatic carbocycles. The molecule has 0 amide bonds. The van der Waals surface area contributed by atoms with Crippen LogP contribution >= 0.6 is 0 Å². The molecule has 0 aliphatic heterocycles. The second-order valence-electron chi connectivity index (χ2n) is 2.68. The van der Waals surface area contributed by atoms with E-state index in [1.54, 1.807) is 6.07 Å². The van der Waals surface area contributed by atoms with Crippen LogP contribution in [0.5, 0.6) is 0 Å². The van der Waals surface area contributed by atoms with Gasteiger partial charge in [0.15, 0.2) is 0 Å². The van der Waals surface area contributed by atoms with Crippen molar-refractivity contribution in [1.82, 2.24) is 9.97 Å². The maximum atomic E-state index is 12.6. The lowest BCUT2D eigenvalue weighted by Gasteiger charge is -1.96. The van der Waals surface area contributed by atoms with Crippen LogP contribution in [0.4, 0.5) is 4.39 Å². The van der Waals surface area contributed by atoms with E-state index < -0.39 is 5.95 Å². The monoisotopic (exact) mass is 192 g/mol. The Morgan fingerprint density at radius 2 is 1.86 bits per heavy atom. The smallest absolute Gasteiger partial charge is 0.231 e. The highest BCUT2D eigenvalue weighted by atomic mass is 19.1. The third-order valence-electron chi connectivity index (χ3n) is 1.67. The highest BCUT2D eigenvalue weighted by Gasteiger charge is 1.97. The summed E-state index contributed by atoms with van der Waals surface area (Å²) in [5, 5.41) is 0. The van der Waals surface area contributed by atoms with Gasteiger partial charge in [-0.05, 0) is 24.6 Å². The summed E-state index contributed by atoms with van der Waals surface area (Å²) in [5.41, 5.74) is 2.43. The molecule has 0 saturated carbocycles. The molecule has 0 N–H and O–H groups in total. The molecule has 14 heavy (non-hydrogen) atoms. The molecule has 0 aliphatic carbocycles. The standard InChI is InChI=1S/C9H7FN2.C2H6/c1-6-2-3-7-8(4-6)11-5-9(10)12-7;1-2/h2-5H,1H3;1-2H3. The Kier molecular flexibility index (Phi) is 3.51. The first-order chi connectivity index (χ1) is 6.75. The summed E-state index contributed by atoms with van der Waals surface area (Å²) in [6, 6.07) is 5.53. The minimum atomic E-state index is -0.536. The molecule has 0 saturated heterocycles. The van der Waals surface area contributed by atoms with Gasteiger partial charge in [0.2, 0.25) is 5.95 Å². The lowest BCUT2D eigenvalue weighted by atomic mass is 10.2. The van der Waals surface area contributed by atoms with E-state index in [1.165, 1.54) is 0 Å². The lowest BCUT2D eigenvalue weighted by molar-refractivity contribution is 0.583. The van der Waals surface area contributed by atoms with Crippen molar-refractivity contribution >= 4 is 11.0 Å². The van der Waals surface area contributed by atoms with Crippen molar-refractivity contribution in [3.8, 4) is 0 Å². The fourth-order valence-corrected chi connectivity index (χ4v) is 1.10. The quantitative estimate of drug-likeness (QED) is 0.641. The molecular formula is C11H13FN2. The average Bonchev–Trinajstić information content (AvgIpc) is 2.21. The van der Waals surface area contributed by atoms with Gasteiger partial charge in [-0.25, -0.2) is 9.97 Å². The minimum Gasteiger partial charge on any atom is -0.250 e. The van der Waals surface area contributed by atoms with Crippen LogP contribution in [-0.4, -0.2) is 9.97 Å². The molecule has 0 atom stereocenters. The summed E-state index contributed by atoms with van der Waals surface area (Å²) in [6.45, 7) is 5.96. The molecule has 0 radical (unpaired) electrons. The zero-order valence-corrected chi connectivity index (χ0v) is 8.58. The first-order valence-electron chi connectivity index (χ1n) is 4.64. The van der Waals surface area contributed by atoms with Crippen LogP contribution in [0, 0.1) is 12.9 Å². The molecular weight excluding hydrogens is 179 g/mol. The fourth-order valence-electron chi connectivity index (χ4n) is 1.10. The molecule has 1 heterocycles. The van der Waals surface area contributed by atoms with E-state index in [4.69, 9.17) is 0 Å². The van der Waals surface area contributed by atoms with Gasteiger partial charge in [0, 0.05) is 0 Å². The summed E-state index contributed by atoms with van der Waals surface area (Å²) in [5.74, 6) is -0.536. The van der Waals surface area contributed by atoms with Gasteiger partial charge in [-0.2, -0.15) is 4.39 Å². The topological polar surface area (TPSA) is 25.8 Å². The predicted octanol–water partition coefficient (Wildman–Crippen LogP) is 3.10. The van der Waals surface area contributed by atoms with Crippen molar-refractivity contribution in [2.24, 2.45) is 0 Å². The van der Waals surface area contributed by atoms with E-state index in [-0.39, 0.29) is 0 Å². The van der Waals surface area contributed by atoms with E-state index in [2.05, 4.69) is 9.97 Å². The van der Waals surface area contributed by atoms with Gasteiger partial charge < -0.3 is 0 Å². The molecule has 74 valence electrons. The molecule has 2 nitrogen and oxygen atoms in total. The number of benzene rings is 1. The summed E-state index contributed by atoms with van der Waals surface area (Å²) in [7, 11) is 0. The number of aromatic nitrogens is 2. The molecule has 0 aliphatic rings. The van der Waals surface area contributed by atoms with Crippen LogP contribution < -0.4 is 0 Å². The summed E-state index contributed by atoms with van der Waals surface area (Å²) in [4.78, 5) is 7.59. The zero-order chi connectivity index (χ0) is 10.6. The van der Waals surface area contributed by atoms with Gasteiger partial charge in [0.25, 0.3) is 0 Å². The Morgan fingerprint density at radius 1 is 1.14 bits per heavy atom. The first-order valence-corrected chi connectivity index (χ1v) is 4.64. The Morgan fingerprint density at radius 3 is 2.57 bits per heavy atom. The number of hydrogen-bond donors (Lipinski definition) is 0. The SMILES string of the molecule is CC.Cc1ccc2nc(F)cnc2c1. The van der Waals surface area contributed by atoms with Gasteiger partial charge in [-0.15, -0.1) is 0 Å². The van der Waals surface area contributed by atoms with Crippen LogP contribution in [0.25, 0.3) is 11.0 Å². The van der Waals surface area contributed by atoms with Gasteiger partial charge >= 0.3 is 0 Å². The van der Waals surface area contributed by atoms with E-state index in [0.717, 1.165) is 17.3 Å². The molecule has 0 bridgehead atoms. The number of fused-ring (bicyclic) bond motifs is 1. The number of nitrogens with zero attached hydrogens (tertiary/aromatic N) is 2. The summed E-state index contributed by atoms with van der Waals surface area (Å²) >= 11 is 0. The molecule has 0 fully saturated rings. The van der Waals surface area contributed by atoms with Crippen molar-refractivity contribution in [1.29, 1.82) is 0 Å². The summed E-state index contributed by atoms with van der Waals surface area (Å²) in [6.07, 6.45) is 1.13. The maximum absolute atomic E-state index is 12.6. The van der Waals surface area contributed by atoms with Crippen LogP contribution in [-0.2, 0) is 0 Å². The van der Waals surface area contributed by atoms with Crippen molar-refractivity contribution < 1.29 is 4.39 Å². The van der Waals surface area contributed by atoms with Crippen LogP contribution in [0.15, 0.2) is 24.4 Å². The zero-order valence-electron chi connectivity index (χ0n) is 8.58. The third-order valence-corrected chi connectivity index (χ3v) is 1.67. The van der Waals surface area contributed by atoms with Gasteiger partial charge in [0.1, 0.15) is 0 Å². The van der Waals surface area contributed by atoms with Crippen molar-refractivity contribution in [3.63, 3.8) is 0 Å². The Labute approximate surface area is 82.8 Å². The Balaban J connectivity index is 0.000000461. The van der Waals surface area contributed by atoms with E-state index >= 15 is 0 Å². The minimum absolute atomic E-state index is 0.536. The first kappa shape index (κ1) is 10.6. The van der Waals surface area contributed by atoms with E-state index in [0.29, 0.717) is 5.52 Å². The molecule has 0 spiro atoms. The fraction of sp³-hybridized carbons (Fsp3) is 0.273. The van der Waals surface area contributed by atoms with Crippen molar-refractivity contribution in [3.05, 3.63) is 35.9 Å². The third kappa shape index (κ3) is 2.25. The largest absolute Gasteiger partial charge is 0.250 e. The van der Waals surface area contributed by atoms with Crippen molar-refractivity contribution in [2.45, 2.75) is 20.8 Å². The molecule has 3 heteroatoms. The predicted molar refractivity (Wildman–Crippen MR) is 55.6 cm³/mol. The maximum Gasteiger partial charge on any atom is 0.231 e. The normalized spacial score (nSPS) is 9.43. The second kappa shape index (κ2) is 4.65. The number of hydrogen-bond acceptors (Lipinski definition) is 2. The highest BCUT2D eigenvalue weighted by Crippen LogP contribution is 2.10. The number of halogens is 1. The number of aryl methyl sites for hydroxylation is 1. The average molecular weight is 192 g/mol. The Bertz CT molecular complexity index is 385. The highest BCUT2D eigenvalue weighted by molar-refractivity contribution is 5.74. The van der Waals surface area contributed by atoms with Gasteiger partial charge in [-0.1, -0.05) is 19.9 Å². The van der Waals surface area contributed by atoms with Gasteiger partial charge in [-0.3, -0.25) is 0 Å². The van der Waals surface area contributed by atoms with Crippen LogP contribution in [0.1, 0.15) is 19.4 Å². The molecule has 0 unspecified atom stereocenters. The van der Waals surface area contributed by atoms with Crippen molar-refractivity contribution in [2.75, 3.05) is 0 Å². The molecule has 1 aromatic heterocycles. The van der Waals surface area contributed by atoms with E-state index in [9.17, 15) is 4.39 Å². The molecule has 2 aromatic rings. The Hall–Kier alpha value is -1.51. The number of rotatable bonds is 0. The van der Waals surface area contributed by atoms with E-state index in [1.807, 2.05) is 32.9 Å².